The van der Waals surface area contributed by atoms with E-state index in [-0.39, 0.29) is 5.25 Å². The van der Waals surface area contributed by atoms with Gasteiger partial charge in [-0.05, 0) is 49.9 Å². The van der Waals surface area contributed by atoms with Crippen LogP contribution in [0.25, 0.3) is 0 Å². The number of nitrogens with one attached hydrogen (secondary N) is 1. The van der Waals surface area contributed by atoms with E-state index < -0.39 is 22.2 Å². The molecule has 2 aromatic heterocycles. The standard InChI is InChI=1S/C22H21Cl2N3O3S2/c23-16-4-2-5-17(19(16)24)32(30)15-7-9-22(10-8-15,20(28)29)13-14-3-1-6-18(26-14)27-21-25-11-12-31-21/h1-6,11-12,15H,7-10,13H2,(H,28,29)(H,25,26,27). The van der Waals surface area contributed by atoms with Crippen LogP contribution in [-0.4, -0.2) is 30.5 Å². The lowest BCUT2D eigenvalue weighted by Gasteiger charge is -2.36. The van der Waals surface area contributed by atoms with E-state index in [1.54, 1.807) is 24.4 Å². The highest BCUT2D eigenvalue weighted by Crippen LogP contribution is 2.42. The Morgan fingerprint density at radius 1 is 1.22 bits per heavy atom. The Labute approximate surface area is 202 Å². The van der Waals surface area contributed by atoms with Gasteiger partial charge in [-0.3, -0.25) is 9.00 Å². The van der Waals surface area contributed by atoms with Gasteiger partial charge in [0, 0.05) is 28.9 Å². The molecule has 1 fully saturated rings. The predicted octanol–water partition coefficient (Wildman–Crippen LogP) is 5.95. The third-order valence-electron chi connectivity index (χ3n) is 5.77. The van der Waals surface area contributed by atoms with Crippen molar-refractivity contribution in [2.24, 2.45) is 5.41 Å². The number of rotatable bonds is 7. The van der Waals surface area contributed by atoms with Crippen molar-refractivity contribution in [1.29, 1.82) is 0 Å². The molecule has 1 aromatic carbocycles. The minimum absolute atomic E-state index is 0.163. The van der Waals surface area contributed by atoms with Crippen molar-refractivity contribution in [3.05, 3.63) is 63.7 Å². The zero-order valence-corrected chi connectivity index (χ0v) is 20.1. The Bertz CT molecular complexity index is 1130. The maximum atomic E-state index is 13.1. The van der Waals surface area contributed by atoms with E-state index in [4.69, 9.17) is 23.2 Å². The molecule has 0 spiro atoms. The molecule has 1 aliphatic rings. The molecule has 1 saturated carbocycles. The molecule has 0 bridgehead atoms. The Hall–Kier alpha value is -2.00. The minimum atomic E-state index is -1.35. The number of aromatic nitrogens is 2. The lowest BCUT2D eigenvalue weighted by Crippen LogP contribution is -2.40. The number of hydrogen-bond acceptors (Lipinski definition) is 6. The van der Waals surface area contributed by atoms with Gasteiger partial charge in [0.25, 0.3) is 0 Å². The molecule has 4 rings (SSSR count). The largest absolute Gasteiger partial charge is 0.481 e. The fraction of sp³-hybridized carbons (Fsp3) is 0.318. The number of anilines is 2. The van der Waals surface area contributed by atoms with Crippen molar-refractivity contribution in [3.8, 4) is 0 Å². The summed E-state index contributed by atoms with van der Waals surface area (Å²) in [6.45, 7) is 0. The maximum Gasteiger partial charge on any atom is 0.310 e. The Morgan fingerprint density at radius 3 is 2.66 bits per heavy atom. The van der Waals surface area contributed by atoms with Gasteiger partial charge in [-0.1, -0.05) is 35.3 Å². The van der Waals surface area contributed by atoms with Crippen molar-refractivity contribution in [1.82, 2.24) is 9.97 Å². The molecule has 0 saturated heterocycles. The van der Waals surface area contributed by atoms with Gasteiger partial charge in [0.15, 0.2) is 5.13 Å². The second kappa shape index (κ2) is 9.87. The number of carbonyl (C=O) groups is 1. The number of halogens is 2. The van der Waals surface area contributed by atoms with E-state index in [1.807, 2.05) is 23.6 Å². The Balaban J connectivity index is 1.47. The minimum Gasteiger partial charge on any atom is -0.481 e. The molecule has 0 amide bonds. The van der Waals surface area contributed by atoms with Crippen molar-refractivity contribution < 1.29 is 14.1 Å². The summed E-state index contributed by atoms with van der Waals surface area (Å²) in [5.41, 5.74) is -0.238. The number of pyridine rings is 1. The van der Waals surface area contributed by atoms with E-state index in [2.05, 4.69) is 15.3 Å². The second-order valence-corrected chi connectivity index (χ2v) is 11.2. The first-order chi connectivity index (χ1) is 15.4. The highest BCUT2D eigenvalue weighted by Gasteiger charge is 2.43. The topological polar surface area (TPSA) is 92.2 Å². The van der Waals surface area contributed by atoms with Crippen LogP contribution < -0.4 is 5.32 Å². The van der Waals surface area contributed by atoms with Gasteiger partial charge >= 0.3 is 5.97 Å². The summed E-state index contributed by atoms with van der Waals surface area (Å²) in [6, 6.07) is 10.6. The lowest BCUT2D eigenvalue weighted by molar-refractivity contribution is -0.151. The summed E-state index contributed by atoms with van der Waals surface area (Å²) >= 11 is 13.8. The zero-order chi connectivity index (χ0) is 22.7. The lowest BCUT2D eigenvalue weighted by atomic mass is 9.71. The van der Waals surface area contributed by atoms with Crippen LogP contribution in [0.15, 0.2) is 52.9 Å². The van der Waals surface area contributed by atoms with Crippen LogP contribution >= 0.6 is 34.5 Å². The highest BCUT2D eigenvalue weighted by molar-refractivity contribution is 7.85. The number of carboxylic acid groups (broad SMARTS) is 1. The number of hydrogen-bond donors (Lipinski definition) is 2. The zero-order valence-electron chi connectivity index (χ0n) is 17.0. The van der Waals surface area contributed by atoms with Crippen molar-refractivity contribution >= 4 is 62.3 Å². The van der Waals surface area contributed by atoms with E-state index in [9.17, 15) is 14.1 Å². The molecular formula is C22H21Cl2N3O3S2. The quantitative estimate of drug-likeness (QED) is 0.408. The van der Waals surface area contributed by atoms with E-state index in [0.29, 0.717) is 58.6 Å². The molecule has 6 nitrogen and oxygen atoms in total. The van der Waals surface area contributed by atoms with Crippen molar-refractivity contribution in [2.75, 3.05) is 5.32 Å². The SMILES string of the molecule is O=C(O)C1(Cc2cccc(Nc3nccs3)n2)CCC(S(=O)c2cccc(Cl)c2Cl)CC1. The molecule has 2 N–H and O–H groups in total. The van der Waals surface area contributed by atoms with E-state index >= 15 is 0 Å². The normalized spacial score (nSPS) is 21.8. The second-order valence-electron chi connectivity index (χ2n) is 7.79. The number of nitrogens with zero attached hydrogens (tertiary/aromatic N) is 2. The molecule has 1 unspecified atom stereocenters. The molecule has 2 heterocycles. The van der Waals surface area contributed by atoms with E-state index in [1.165, 1.54) is 11.3 Å². The predicted molar refractivity (Wildman–Crippen MR) is 129 cm³/mol. The smallest absolute Gasteiger partial charge is 0.310 e. The van der Waals surface area contributed by atoms with Gasteiger partial charge < -0.3 is 10.4 Å². The summed E-state index contributed by atoms with van der Waals surface area (Å²) in [6.07, 6.45) is 3.91. The van der Waals surface area contributed by atoms with Gasteiger partial charge in [-0.15, -0.1) is 11.3 Å². The molecule has 0 radical (unpaired) electrons. The third kappa shape index (κ3) is 4.98. The molecule has 0 aliphatic heterocycles. The number of carboxylic acids is 1. The number of benzene rings is 1. The summed E-state index contributed by atoms with van der Waals surface area (Å²) in [7, 11) is -1.35. The monoisotopic (exact) mass is 509 g/mol. The molecular weight excluding hydrogens is 489 g/mol. The van der Waals surface area contributed by atoms with Crippen LogP contribution in [0, 0.1) is 5.41 Å². The van der Waals surface area contributed by atoms with Crippen molar-refractivity contribution in [2.45, 2.75) is 42.2 Å². The molecule has 10 heteroatoms. The van der Waals surface area contributed by atoms with E-state index in [0.717, 1.165) is 5.13 Å². The van der Waals surface area contributed by atoms with Crippen LogP contribution in [-0.2, 0) is 22.0 Å². The third-order valence-corrected chi connectivity index (χ3v) is 9.24. The van der Waals surface area contributed by atoms with Crippen molar-refractivity contribution in [3.63, 3.8) is 0 Å². The average Bonchev–Trinajstić information content (AvgIpc) is 3.29. The molecule has 1 atom stereocenters. The first-order valence-corrected chi connectivity index (χ1v) is 12.9. The molecule has 3 aromatic rings. The highest BCUT2D eigenvalue weighted by atomic mass is 35.5. The summed E-state index contributed by atoms with van der Waals surface area (Å²) in [4.78, 5) is 21.6. The average molecular weight is 510 g/mol. The molecule has 168 valence electrons. The van der Waals surface area contributed by atoms with Crippen LogP contribution in [0.3, 0.4) is 0 Å². The molecule has 32 heavy (non-hydrogen) atoms. The van der Waals surface area contributed by atoms with Gasteiger partial charge in [-0.25, -0.2) is 9.97 Å². The summed E-state index contributed by atoms with van der Waals surface area (Å²) in [5, 5.41) is 16.3. The van der Waals surface area contributed by atoms with Gasteiger partial charge in [-0.2, -0.15) is 0 Å². The van der Waals surface area contributed by atoms with Crippen LogP contribution in [0.2, 0.25) is 10.0 Å². The van der Waals surface area contributed by atoms with Crippen LogP contribution in [0.1, 0.15) is 31.4 Å². The maximum absolute atomic E-state index is 13.1. The molecule has 1 aliphatic carbocycles. The first-order valence-electron chi connectivity index (χ1n) is 10.1. The Morgan fingerprint density at radius 2 is 1.97 bits per heavy atom. The van der Waals surface area contributed by atoms with Gasteiger partial charge in [0.2, 0.25) is 0 Å². The van der Waals surface area contributed by atoms with Crippen LogP contribution in [0.5, 0.6) is 0 Å². The first kappa shape index (κ1) is 23.2. The number of thiazole rings is 1. The summed E-state index contributed by atoms with van der Waals surface area (Å²) in [5.74, 6) is -0.217. The Kier molecular flexibility index (Phi) is 7.14. The van der Waals surface area contributed by atoms with Crippen LogP contribution in [0.4, 0.5) is 10.9 Å². The van der Waals surface area contributed by atoms with Gasteiger partial charge in [0.1, 0.15) is 5.82 Å². The fourth-order valence-corrected chi connectivity index (χ4v) is 6.68. The fourth-order valence-electron chi connectivity index (χ4n) is 4.03. The van der Waals surface area contributed by atoms with Gasteiger partial charge in [0.05, 0.1) is 31.2 Å². The summed E-state index contributed by atoms with van der Waals surface area (Å²) < 4.78 is 13.1. The number of aliphatic carboxylic acids is 1.